The van der Waals surface area contributed by atoms with E-state index in [-0.39, 0.29) is 29.5 Å². The Morgan fingerprint density at radius 1 is 0.830 bits per heavy atom. The maximum Gasteiger partial charge on any atom is 0.362 e. The van der Waals surface area contributed by atoms with Crippen LogP contribution in [-0.4, -0.2) is 56.2 Å². The SMILES string of the molecule is CC1CCC(NC(=O)c2ccc(C3CC3)cc2)CN1c1cnc(C(=O)NOC(=O)c2ccc(C3CC3)cc2)c(Nc2cnn(C)c2)n1. The second kappa shape index (κ2) is 12.9. The predicted octanol–water partition coefficient (Wildman–Crippen LogP) is 5.00. The van der Waals surface area contributed by atoms with Crippen molar-refractivity contribution in [2.75, 3.05) is 16.8 Å². The van der Waals surface area contributed by atoms with Crippen LogP contribution in [-0.2, 0) is 11.9 Å². The van der Waals surface area contributed by atoms with Gasteiger partial charge in [-0.25, -0.2) is 14.8 Å². The van der Waals surface area contributed by atoms with Crippen LogP contribution < -0.4 is 21.0 Å². The van der Waals surface area contributed by atoms with Crippen molar-refractivity contribution in [2.45, 2.75) is 69.4 Å². The van der Waals surface area contributed by atoms with Gasteiger partial charge < -0.3 is 20.4 Å². The fourth-order valence-electron chi connectivity index (χ4n) is 6.04. The molecule has 0 radical (unpaired) electrons. The number of amides is 2. The summed E-state index contributed by atoms with van der Waals surface area (Å²) in [6, 6.07) is 15.2. The zero-order valence-electron chi connectivity index (χ0n) is 26.5. The first-order valence-electron chi connectivity index (χ1n) is 16.2. The maximum atomic E-state index is 13.3. The molecule has 3 fully saturated rings. The number of nitrogens with one attached hydrogen (secondary N) is 3. The molecule has 2 atom stereocenters. The number of hydrogen-bond acceptors (Lipinski definition) is 9. The molecule has 3 aliphatic rings. The Morgan fingerprint density at radius 3 is 2.11 bits per heavy atom. The van der Waals surface area contributed by atoms with Gasteiger partial charge in [0, 0.05) is 37.4 Å². The number of carbonyl (C=O) groups excluding carboxylic acids is 3. The summed E-state index contributed by atoms with van der Waals surface area (Å²) >= 11 is 0. The van der Waals surface area contributed by atoms with Gasteiger partial charge in [-0.2, -0.15) is 10.6 Å². The van der Waals surface area contributed by atoms with E-state index in [0.717, 1.165) is 25.7 Å². The zero-order valence-corrected chi connectivity index (χ0v) is 26.5. The Balaban J connectivity index is 1.05. The lowest BCUT2D eigenvalue weighted by Crippen LogP contribution is -2.51. The third-order valence-corrected chi connectivity index (χ3v) is 9.11. The fraction of sp³-hybridized carbons (Fsp3) is 0.371. The van der Waals surface area contributed by atoms with Crippen molar-refractivity contribution in [1.82, 2.24) is 30.5 Å². The van der Waals surface area contributed by atoms with Crippen LogP contribution in [0.1, 0.15) is 99.6 Å². The molecule has 3 heterocycles. The molecule has 2 saturated carbocycles. The van der Waals surface area contributed by atoms with Crippen molar-refractivity contribution in [1.29, 1.82) is 0 Å². The predicted molar refractivity (Wildman–Crippen MR) is 176 cm³/mol. The Bertz CT molecular complexity index is 1780. The van der Waals surface area contributed by atoms with Gasteiger partial charge in [0.25, 0.3) is 5.91 Å². The van der Waals surface area contributed by atoms with E-state index in [2.05, 4.69) is 50.2 Å². The Labute approximate surface area is 272 Å². The first kappa shape index (κ1) is 30.4. The monoisotopic (exact) mass is 634 g/mol. The van der Waals surface area contributed by atoms with Crippen LogP contribution in [0.15, 0.2) is 67.1 Å². The molecule has 1 aliphatic heterocycles. The average molecular weight is 635 g/mol. The lowest BCUT2D eigenvalue weighted by Gasteiger charge is -2.39. The number of aryl methyl sites for hydroxylation is 1. The summed E-state index contributed by atoms with van der Waals surface area (Å²) in [6.07, 6.45) is 11.3. The number of carbonyl (C=O) groups is 3. The van der Waals surface area contributed by atoms with Crippen molar-refractivity contribution in [3.63, 3.8) is 0 Å². The Morgan fingerprint density at radius 2 is 1.49 bits per heavy atom. The van der Waals surface area contributed by atoms with E-state index in [1.54, 1.807) is 36.3 Å². The molecular formula is C35H38N8O4. The Kier molecular flexibility index (Phi) is 8.32. The zero-order chi connectivity index (χ0) is 32.5. The van der Waals surface area contributed by atoms with Crippen LogP contribution in [0.25, 0.3) is 0 Å². The molecule has 3 N–H and O–H groups in total. The van der Waals surface area contributed by atoms with E-state index in [1.807, 2.05) is 24.3 Å². The molecule has 7 rings (SSSR count). The van der Waals surface area contributed by atoms with E-state index in [1.165, 1.54) is 30.2 Å². The first-order chi connectivity index (χ1) is 22.8. The fourth-order valence-corrected chi connectivity index (χ4v) is 6.04. The number of anilines is 3. The van der Waals surface area contributed by atoms with E-state index in [4.69, 9.17) is 9.82 Å². The summed E-state index contributed by atoms with van der Waals surface area (Å²) in [5.74, 6) is 0.411. The topological polar surface area (TPSA) is 143 Å². The van der Waals surface area contributed by atoms with Gasteiger partial charge in [-0.15, -0.1) is 0 Å². The van der Waals surface area contributed by atoms with E-state index < -0.39 is 11.9 Å². The van der Waals surface area contributed by atoms with Crippen LogP contribution in [0.5, 0.6) is 0 Å². The lowest BCUT2D eigenvalue weighted by molar-refractivity contribution is 0.0228. The van der Waals surface area contributed by atoms with Crippen LogP contribution in [0.2, 0.25) is 0 Å². The second-order valence-electron chi connectivity index (χ2n) is 12.8. The molecule has 2 amide bonds. The number of piperidine rings is 1. The third-order valence-electron chi connectivity index (χ3n) is 9.11. The standard InChI is InChI=1S/C35H38N8O4/c1-21-3-16-28(39-33(44)26-12-8-24(9-13-26)22-4-5-22)20-43(21)30-18-36-31(32(40-30)38-29-17-37-42(2)19-29)34(45)41-47-35(46)27-14-10-25(11-15-27)23-6-7-23/h8-15,17-19,21-23,28H,3-7,16,20H2,1-2H3,(H,38,40)(H,39,44)(H,41,45). The van der Waals surface area contributed by atoms with Crippen LogP contribution in [0.3, 0.4) is 0 Å². The van der Waals surface area contributed by atoms with Crippen LogP contribution in [0.4, 0.5) is 17.3 Å². The maximum absolute atomic E-state index is 13.3. The lowest BCUT2D eigenvalue weighted by atomic mass is 9.99. The highest BCUT2D eigenvalue weighted by Crippen LogP contribution is 2.40. The van der Waals surface area contributed by atoms with Gasteiger partial charge >= 0.3 is 11.9 Å². The first-order valence-corrected chi connectivity index (χ1v) is 16.2. The normalized spacial score (nSPS) is 19.1. The molecule has 2 aromatic heterocycles. The summed E-state index contributed by atoms with van der Waals surface area (Å²) in [4.78, 5) is 55.5. The van der Waals surface area contributed by atoms with Gasteiger partial charge in [-0.05, 0) is 92.7 Å². The summed E-state index contributed by atoms with van der Waals surface area (Å²) in [6.45, 7) is 2.62. The molecule has 4 aromatic rings. The van der Waals surface area contributed by atoms with Gasteiger partial charge in [0.2, 0.25) is 0 Å². The molecule has 0 bridgehead atoms. The van der Waals surface area contributed by atoms with E-state index in [0.29, 0.717) is 41.0 Å². The second-order valence-corrected chi connectivity index (χ2v) is 12.8. The molecule has 47 heavy (non-hydrogen) atoms. The van der Waals surface area contributed by atoms with Gasteiger partial charge in [0.15, 0.2) is 11.5 Å². The van der Waals surface area contributed by atoms with Gasteiger partial charge in [-0.1, -0.05) is 24.3 Å². The molecule has 1 saturated heterocycles. The van der Waals surface area contributed by atoms with E-state index >= 15 is 0 Å². The minimum Gasteiger partial charge on any atom is -0.351 e. The van der Waals surface area contributed by atoms with Crippen molar-refractivity contribution < 1.29 is 19.2 Å². The number of aromatic nitrogens is 4. The van der Waals surface area contributed by atoms with Crippen molar-refractivity contribution in [2.24, 2.45) is 7.05 Å². The minimum atomic E-state index is -0.733. The Hall–Kier alpha value is -5.26. The number of hydroxylamine groups is 1. The van der Waals surface area contributed by atoms with Gasteiger partial charge in [-0.3, -0.25) is 14.3 Å². The molecule has 242 valence electrons. The number of benzene rings is 2. The molecule has 12 nitrogen and oxygen atoms in total. The molecule has 0 spiro atoms. The summed E-state index contributed by atoms with van der Waals surface area (Å²) in [7, 11) is 1.78. The van der Waals surface area contributed by atoms with Crippen LogP contribution in [0, 0.1) is 0 Å². The molecule has 12 heteroatoms. The van der Waals surface area contributed by atoms with E-state index in [9.17, 15) is 14.4 Å². The largest absolute Gasteiger partial charge is 0.362 e. The third kappa shape index (κ3) is 7.11. The molecule has 2 aromatic carbocycles. The van der Waals surface area contributed by atoms with Gasteiger partial charge in [0.05, 0.1) is 23.6 Å². The highest BCUT2D eigenvalue weighted by molar-refractivity contribution is 5.98. The van der Waals surface area contributed by atoms with Crippen LogP contribution >= 0.6 is 0 Å². The highest BCUT2D eigenvalue weighted by atomic mass is 16.7. The molecular weight excluding hydrogens is 596 g/mol. The number of nitrogens with zero attached hydrogens (tertiary/aromatic N) is 5. The van der Waals surface area contributed by atoms with Gasteiger partial charge in [0.1, 0.15) is 5.82 Å². The van der Waals surface area contributed by atoms with Crippen molar-refractivity contribution >= 4 is 35.1 Å². The average Bonchev–Trinajstić information content (AvgIpc) is 4.03. The highest BCUT2D eigenvalue weighted by Gasteiger charge is 2.30. The quantitative estimate of drug-likeness (QED) is 0.217. The summed E-state index contributed by atoms with van der Waals surface area (Å²) in [5, 5.41) is 10.5. The summed E-state index contributed by atoms with van der Waals surface area (Å²) < 4.78 is 1.62. The molecule has 2 unspecified atom stereocenters. The number of rotatable bonds is 9. The van der Waals surface area contributed by atoms with Crippen molar-refractivity contribution in [3.05, 3.63) is 95.1 Å². The minimum absolute atomic E-state index is 0.0568. The summed E-state index contributed by atoms with van der Waals surface area (Å²) in [5.41, 5.74) is 6.25. The molecule has 2 aliphatic carbocycles. The number of hydrogen-bond donors (Lipinski definition) is 3. The van der Waals surface area contributed by atoms with Crippen molar-refractivity contribution in [3.8, 4) is 0 Å². The smallest absolute Gasteiger partial charge is 0.351 e.